The molecule has 0 aliphatic heterocycles. The minimum Gasteiger partial charge on any atom is -0.477 e. The van der Waals surface area contributed by atoms with Gasteiger partial charge in [0.1, 0.15) is 4.88 Å². The van der Waals surface area contributed by atoms with Gasteiger partial charge in [-0.2, -0.15) is 0 Å². The van der Waals surface area contributed by atoms with E-state index in [0.717, 1.165) is 24.3 Å². The molecule has 0 spiro atoms. The third kappa shape index (κ3) is 4.54. The van der Waals surface area contributed by atoms with Crippen LogP contribution >= 0.6 is 11.3 Å². The van der Waals surface area contributed by atoms with Crippen LogP contribution in [0, 0.1) is 0 Å². The van der Waals surface area contributed by atoms with E-state index in [1.54, 1.807) is 0 Å². The molecular weight excluding hydrogens is 240 g/mol. The average molecular weight is 256 g/mol. The summed E-state index contributed by atoms with van der Waals surface area (Å²) >= 11 is 0.991. The van der Waals surface area contributed by atoms with Gasteiger partial charge in [-0.3, -0.25) is 4.79 Å². The Morgan fingerprint density at radius 3 is 2.53 bits per heavy atom. The summed E-state index contributed by atoms with van der Waals surface area (Å²) in [6.07, 6.45) is 0.871. The highest BCUT2D eigenvalue weighted by Gasteiger charge is 2.12. The van der Waals surface area contributed by atoms with Crippen LogP contribution in [0.3, 0.4) is 0 Å². The summed E-state index contributed by atoms with van der Waals surface area (Å²) in [5.74, 6) is -1.21. The lowest BCUT2D eigenvalue weighted by atomic mass is 10.3. The first kappa shape index (κ1) is 13.7. The van der Waals surface area contributed by atoms with Gasteiger partial charge in [0.15, 0.2) is 0 Å². The van der Waals surface area contributed by atoms with E-state index in [2.05, 4.69) is 5.32 Å². The van der Waals surface area contributed by atoms with Crippen molar-refractivity contribution in [1.29, 1.82) is 0 Å². The lowest BCUT2D eigenvalue weighted by Crippen LogP contribution is -2.26. The molecule has 0 aliphatic carbocycles. The number of aromatic carboxylic acids is 1. The Kier molecular flexibility index (Phi) is 5.11. The number of carboxylic acid groups (broad SMARTS) is 1. The van der Waals surface area contributed by atoms with Crippen molar-refractivity contribution in [3.8, 4) is 0 Å². The largest absolute Gasteiger partial charge is 0.477 e. The van der Waals surface area contributed by atoms with Gasteiger partial charge in [0.25, 0.3) is 5.91 Å². The predicted octanol–water partition coefficient (Wildman–Crippen LogP) is 1.13. The molecule has 1 aromatic rings. The van der Waals surface area contributed by atoms with Gasteiger partial charge in [0, 0.05) is 6.54 Å². The summed E-state index contributed by atoms with van der Waals surface area (Å²) in [7, 11) is 3.94. The predicted molar refractivity (Wildman–Crippen MR) is 66.8 cm³/mol. The van der Waals surface area contributed by atoms with Crippen molar-refractivity contribution in [2.75, 3.05) is 27.2 Å². The molecule has 1 heterocycles. The molecular formula is C11H16N2O3S. The molecule has 0 atom stereocenters. The Bertz CT molecular complexity index is 401. The molecule has 0 unspecified atom stereocenters. The molecule has 2 N–H and O–H groups in total. The number of rotatable bonds is 6. The zero-order valence-electron chi connectivity index (χ0n) is 9.90. The second-order valence-corrected chi connectivity index (χ2v) is 4.97. The Hall–Kier alpha value is -1.40. The molecule has 6 heteroatoms. The summed E-state index contributed by atoms with van der Waals surface area (Å²) in [4.78, 5) is 24.9. The van der Waals surface area contributed by atoms with Crippen LogP contribution in [0.1, 0.15) is 25.8 Å². The maximum absolute atomic E-state index is 11.6. The van der Waals surface area contributed by atoms with Gasteiger partial charge in [-0.15, -0.1) is 11.3 Å². The van der Waals surface area contributed by atoms with Crippen molar-refractivity contribution in [3.63, 3.8) is 0 Å². The summed E-state index contributed by atoms with van der Waals surface area (Å²) < 4.78 is 0. The highest BCUT2D eigenvalue weighted by molar-refractivity contribution is 7.15. The van der Waals surface area contributed by atoms with E-state index in [-0.39, 0.29) is 10.8 Å². The smallest absolute Gasteiger partial charge is 0.345 e. The van der Waals surface area contributed by atoms with Gasteiger partial charge in [0.05, 0.1) is 4.88 Å². The molecule has 0 aliphatic rings. The molecule has 1 aromatic heterocycles. The zero-order chi connectivity index (χ0) is 12.8. The van der Waals surface area contributed by atoms with E-state index < -0.39 is 5.97 Å². The second kappa shape index (κ2) is 6.36. The number of nitrogens with one attached hydrogen (secondary N) is 1. The second-order valence-electron chi connectivity index (χ2n) is 3.88. The molecule has 17 heavy (non-hydrogen) atoms. The molecule has 0 aromatic carbocycles. The maximum atomic E-state index is 11.6. The monoisotopic (exact) mass is 256 g/mol. The van der Waals surface area contributed by atoms with Crippen LogP contribution in [0.15, 0.2) is 12.1 Å². The van der Waals surface area contributed by atoms with Crippen molar-refractivity contribution >= 4 is 23.2 Å². The van der Waals surface area contributed by atoms with Crippen LogP contribution in [0.5, 0.6) is 0 Å². The molecule has 0 radical (unpaired) electrons. The van der Waals surface area contributed by atoms with Gasteiger partial charge in [-0.05, 0) is 39.2 Å². The molecule has 94 valence electrons. The summed E-state index contributed by atoms with van der Waals surface area (Å²) in [5.41, 5.74) is 0. The van der Waals surface area contributed by atoms with Crippen LogP contribution < -0.4 is 5.32 Å². The first-order valence-electron chi connectivity index (χ1n) is 5.26. The Morgan fingerprint density at radius 2 is 2.00 bits per heavy atom. The van der Waals surface area contributed by atoms with Crippen LogP contribution in [0.2, 0.25) is 0 Å². The highest BCUT2D eigenvalue weighted by Crippen LogP contribution is 2.15. The Balaban J connectivity index is 2.39. The molecule has 5 nitrogen and oxygen atoms in total. The number of amides is 1. The van der Waals surface area contributed by atoms with Crippen molar-refractivity contribution in [2.24, 2.45) is 0 Å². The number of hydrogen-bond acceptors (Lipinski definition) is 4. The standard InChI is InChI=1S/C11H16N2O3S/c1-13(2)7-3-6-12-10(14)8-4-5-9(17-8)11(15)16/h4-5H,3,6-7H2,1-2H3,(H,12,14)(H,15,16). The fraction of sp³-hybridized carbons (Fsp3) is 0.455. The normalized spacial score (nSPS) is 10.5. The van der Waals surface area contributed by atoms with E-state index in [0.29, 0.717) is 11.4 Å². The number of carboxylic acids is 1. The van der Waals surface area contributed by atoms with Crippen molar-refractivity contribution < 1.29 is 14.7 Å². The van der Waals surface area contributed by atoms with Gasteiger partial charge in [-0.1, -0.05) is 0 Å². The number of hydrogen-bond donors (Lipinski definition) is 2. The third-order valence-electron chi connectivity index (χ3n) is 2.11. The first-order chi connectivity index (χ1) is 8.00. The first-order valence-corrected chi connectivity index (χ1v) is 6.08. The Labute approximate surface area is 104 Å². The number of nitrogens with zero attached hydrogens (tertiary/aromatic N) is 1. The fourth-order valence-electron chi connectivity index (χ4n) is 1.26. The van der Waals surface area contributed by atoms with Crippen LogP contribution in [-0.2, 0) is 0 Å². The molecule has 0 saturated carbocycles. The van der Waals surface area contributed by atoms with E-state index in [1.165, 1.54) is 12.1 Å². The van der Waals surface area contributed by atoms with Crippen LogP contribution in [-0.4, -0.2) is 49.1 Å². The van der Waals surface area contributed by atoms with E-state index in [1.807, 2.05) is 19.0 Å². The topological polar surface area (TPSA) is 69.6 Å². The lowest BCUT2D eigenvalue weighted by Gasteiger charge is -2.09. The van der Waals surface area contributed by atoms with Crippen LogP contribution in [0.25, 0.3) is 0 Å². The molecule has 1 rings (SSSR count). The SMILES string of the molecule is CN(C)CCCNC(=O)c1ccc(C(=O)O)s1. The molecule has 0 fully saturated rings. The van der Waals surface area contributed by atoms with Crippen molar-refractivity contribution in [2.45, 2.75) is 6.42 Å². The van der Waals surface area contributed by atoms with Gasteiger partial charge >= 0.3 is 5.97 Å². The summed E-state index contributed by atoms with van der Waals surface area (Å²) in [6, 6.07) is 2.98. The quantitative estimate of drug-likeness (QED) is 0.749. The third-order valence-corrected chi connectivity index (χ3v) is 3.18. The number of thiophene rings is 1. The maximum Gasteiger partial charge on any atom is 0.345 e. The fourth-order valence-corrected chi connectivity index (χ4v) is 2.02. The molecule has 0 saturated heterocycles. The minimum absolute atomic E-state index is 0.184. The van der Waals surface area contributed by atoms with E-state index >= 15 is 0 Å². The zero-order valence-corrected chi connectivity index (χ0v) is 10.7. The summed E-state index contributed by atoms with van der Waals surface area (Å²) in [5, 5.41) is 11.5. The highest BCUT2D eigenvalue weighted by atomic mass is 32.1. The minimum atomic E-state index is -0.998. The van der Waals surface area contributed by atoms with Crippen LogP contribution in [0.4, 0.5) is 0 Å². The van der Waals surface area contributed by atoms with Gasteiger partial charge in [0.2, 0.25) is 0 Å². The number of carbonyl (C=O) groups excluding carboxylic acids is 1. The Morgan fingerprint density at radius 1 is 1.35 bits per heavy atom. The van der Waals surface area contributed by atoms with Gasteiger partial charge < -0.3 is 15.3 Å². The molecule has 0 bridgehead atoms. The molecule has 1 amide bonds. The van der Waals surface area contributed by atoms with E-state index in [4.69, 9.17) is 5.11 Å². The average Bonchev–Trinajstić information content (AvgIpc) is 2.73. The lowest BCUT2D eigenvalue weighted by molar-refractivity contribution is 0.0702. The van der Waals surface area contributed by atoms with E-state index in [9.17, 15) is 9.59 Å². The van der Waals surface area contributed by atoms with Crippen molar-refractivity contribution in [1.82, 2.24) is 10.2 Å². The van der Waals surface area contributed by atoms with Gasteiger partial charge in [-0.25, -0.2) is 4.79 Å². The summed E-state index contributed by atoms with van der Waals surface area (Å²) in [6.45, 7) is 1.50. The van der Waals surface area contributed by atoms with Crippen molar-refractivity contribution in [3.05, 3.63) is 21.9 Å². The number of carbonyl (C=O) groups is 2.